The summed E-state index contributed by atoms with van der Waals surface area (Å²) in [6.45, 7) is 4.72. The number of carbonyl (C=O) groups is 2. The van der Waals surface area contributed by atoms with Crippen molar-refractivity contribution in [2.45, 2.75) is 32.7 Å². The molecular weight excluding hydrogens is 180 g/mol. The number of nitrogens with zero attached hydrogens (tertiary/aromatic N) is 2. The molecule has 0 aromatic carbocycles. The SMILES string of the molecule is CC(=O)N1CCC(N(C)C(C)=O)CC1. The maximum Gasteiger partial charge on any atom is 0.219 e. The van der Waals surface area contributed by atoms with Crippen molar-refractivity contribution in [3.63, 3.8) is 0 Å². The number of rotatable bonds is 1. The van der Waals surface area contributed by atoms with Gasteiger partial charge in [-0.3, -0.25) is 9.59 Å². The quantitative estimate of drug-likeness (QED) is 0.614. The molecule has 1 aliphatic heterocycles. The lowest BCUT2D eigenvalue weighted by molar-refractivity contribution is -0.133. The van der Waals surface area contributed by atoms with Crippen LogP contribution in [0.1, 0.15) is 26.7 Å². The molecule has 0 spiro atoms. The molecule has 0 aromatic rings. The van der Waals surface area contributed by atoms with Gasteiger partial charge in [0.1, 0.15) is 0 Å². The van der Waals surface area contributed by atoms with Crippen molar-refractivity contribution in [3.8, 4) is 0 Å². The van der Waals surface area contributed by atoms with Gasteiger partial charge < -0.3 is 9.80 Å². The maximum atomic E-state index is 11.1. The highest BCUT2D eigenvalue weighted by atomic mass is 16.2. The van der Waals surface area contributed by atoms with Crippen LogP contribution >= 0.6 is 0 Å². The fourth-order valence-electron chi connectivity index (χ4n) is 1.83. The highest BCUT2D eigenvalue weighted by Crippen LogP contribution is 2.15. The summed E-state index contributed by atoms with van der Waals surface area (Å²) in [6, 6.07) is 0.308. The number of piperidine rings is 1. The Hall–Kier alpha value is -1.06. The van der Waals surface area contributed by atoms with Crippen LogP contribution in [0.25, 0.3) is 0 Å². The number of hydrogen-bond donors (Lipinski definition) is 0. The van der Waals surface area contributed by atoms with Crippen molar-refractivity contribution in [2.75, 3.05) is 20.1 Å². The van der Waals surface area contributed by atoms with E-state index in [9.17, 15) is 9.59 Å². The molecule has 1 rings (SSSR count). The van der Waals surface area contributed by atoms with Crippen LogP contribution in [-0.4, -0.2) is 47.8 Å². The zero-order chi connectivity index (χ0) is 10.7. The molecule has 0 bridgehead atoms. The average molecular weight is 198 g/mol. The number of carbonyl (C=O) groups excluding carboxylic acids is 2. The summed E-state index contributed by atoms with van der Waals surface area (Å²) >= 11 is 0. The first kappa shape index (κ1) is 11.0. The van der Waals surface area contributed by atoms with E-state index in [0.717, 1.165) is 25.9 Å². The largest absolute Gasteiger partial charge is 0.343 e. The van der Waals surface area contributed by atoms with Crippen LogP contribution in [0.4, 0.5) is 0 Å². The third-order valence-electron chi connectivity index (χ3n) is 2.95. The van der Waals surface area contributed by atoms with Crippen LogP contribution in [0.3, 0.4) is 0 Å². The van der Waals surface area contributed by atoms with Crippen LogP contribution in [0.15, 0.2) is 0 Å². The van der Waals surface area contributed by atoms with Crippen LogP contribution in [0.2, 0.25) is 0 Å². The first-order valence-corrected chi connectivity index (χ1v) is 5.01. The summed E-state index contributed by atoms with van der Waals surface area (Å²) in [6.07, 6.45) is 1.80. The maximum absolute atomic E-state index is 11.1. The summed E-state index contributed by atoms with van der Waals surface area (Å²) in [5.74, 6) is 0.236. The molecule has 0 atom stereocenters. The Morgan fingerprint density at radius 3 is 2.07 bits per heavy atom. The standard InChI is InChI=1S/C10H18N2O2/c1-8(13)11(3)10-4-6-12(7-5-10)9(2)14/h10H,4-7H2,1-3H3. The van der Waals surface area contributed by atoms with Gasteiger partial charge in [0, 0.05) is 40.0 Å². The van der Waals surface area contributed by atoms with E-state index < -0.39 is 0 Å². The molecule has 0 aromatic heterocycles. The zero-order valence-corrected chi connectivity index (χ0v) is 9.12. The Morgan fingerprint density at radius 2 is 1.71 bits per heavy atom. The summed E-state index contributed by atoms with van der Waals surface area (Å²) in [7, 11) is 1.83. The molecule has 0 aliphatic carbocycles. The van der Waals surface area contributed by atoms with Crippen LogP contribution in [0, 0.1) is 0 Å². The molecule has 1 fully saturated rings. The molecule has 4 nitrogen and oxygen atoms in total. The second-order valence-electron chi connectivity index (χ2n) is 3.87. The third-order valence-corrected chi connectivity index (χ3v) is 2.95. The Balaban J connectivity index is 2.43. The van der Waals surface area contributed by atoms with E-state index in [2.05, 4.69) is 0 Å². The fraction of sp³-hybridized carbons (Fsp3) is 0.800. The minimum Gasteiger partial charge on any atom is -0.343 e. The Kier molecular flexibility index (Phi) is 3.49. The van der Waals surface area contributed by atoms with Crippen molar-refractivity contribution in [3.05, 3.63) is 0 Å². The van der Waals surface area contributed by atoms with Gasteiger partial charge in [0.05, 0.1) is 0 Å². The molecule has 0 saturated carbocycles. The molecule has 14 heavy (non-hydrogen) atoms. The minimum absolute atomic E-state index is 0.103. The van der Waals surface area contributed by atoms with E-state index in [1.165, 1.54) is 0 Å². The van der Waals surface area contributed by atoms with Gasteiger partial charge in [0.15, 0.2) is 0 Å². The molecule has 0 unspecified atom stereocenters. The molecule has 4 heteroatoms. The molecule has 1 saturated heterocycles. The van der Waals surface area contributed by atoms with Crippen LogP contribution < -0.4 is 0 Å². The molecule has 0 radical (unpaired) electrons. The number of amides is 2. The lowest BCUT2D eigenvalue weighted by Gasteiger charge is -2.35. The molecule has 0 N–H and O–H groups in total. The van der Waals surface area contributed by atoms with Gasteiger partial charge in [0.2, 0.25) is 11.8 Å². The number of hydrogen-bond acceptors (Lipinski definition) is 2. The Bertz CT molecular complexity index is 232. The van der Waals surface area contributed by atoms with Crippen molar-refractivity contribution >= 4 is 11.8 Å². The minimum atomic E-state index is 0.103. The van der Waals surface area contributed by atoms with Gasteiger partial charge in [-0.2, -0.15) is 0 Å². The summed E-state index contributed by atoms with van der Waals surface area (Å²) in [4.78, 5) is 25.8. The first-order valence-electron chi connectivity index (χ1n) is 5.01. The van der Waals surface area contributed by atoms with Crippen LogP contribution in [0.5, 0.6) is 0 Å². The van der Waals surface area contributed by atoms with Gasteiger partial charge in [-0.05, 0) is 12.8 Å². The zero-order valence-electron chi connectivity index (χ0n) is 9.12. The average Bonchev–Trinajstić information content (AvgIpc) is 2.16. The second-order valence-corrected chi connectivity index (χ2v) is 3.87. The summed E-state index contributed by atoms with van der Waals surface area (Å²) in [5, 5.41) is 0. The predicted octanol–water partition coefficient (Wildman–Crippen LogP) is 0.476. The normalized spacial score (nSPS) is 18.1. The smallest absolute Gasteiger partial charge is 0.219 e. The van der Waals surface area contributed by atoms with E-state index >= 15 is 0 Å². The van der Waals surface area contributed by atoms with Gasteiger partial charge in [-0.15, -0.1) is 0 Å². The molecule has 1 heterocycles. The molecule has 80 valence electrons. The van der Waals surface area contributed by atoms with E-state index in [-0.39, 0.29) is 11.8 Å². The third kappa shape index (κ3) is 2.47. The summed E-state index contributed by atoms with van der Waals surface area (Å²) in [5.41, 5.74) is 0. The predicted molar refractivity (Wildman–Crippen MR) is 53.7 cm³/mol. The van der Waals surface area contributed by atoms with Gasteiger partial charge in [-0.1, -0.05) is 0 Å². The summed E-state index contributed by atoms with van der Waals surface area (Å²) < 4.78 is 0. The van der Waals surface area contributed by atoms with Crippen molar-refractivity contribution in [2.24, 2.45) is 0 Å². The van der Waals surface area contributed by atoms with Gasteiger partial charge in [-0.25, -0.2) is 0 Å². The number of likely N-dealkylation sites (tertiary alicyclic amines) is 1. The molecule has 2 amide bonds. The van der Waals surface area contributed by atoms with Gasteiger partial charge in [0.25, 0.3) is 0 Å². The highest BCUT2D eigenvalue weighted by Gasteiger charge is 2.24. The van der Waals surface area contributed by atoms with Crippen molar-refractivity contribution < 1.29 is 9.59 Å². The van der Waals surface area contributed by atoms with Crippen molar-refractivity contribution in [1.29, 1.82) is 0 Å². The molecule has 1 aliphatic rings. The van der Waals surface area contributed by atoms with Crippen LogP contribution in [-0.2, 0) is 9.59 Å². The Morgan fingerprint density at radius 1 is 1.21 bits per heavy atom. The monoisotopic (exact) mass is 198 g/mol. The van der Waals surface area contributed by atoms with Crippen molar-refractivity contribution in [1.82, 2.24) is 9.80 Å². The van der Waals surface area contributed by atoms with E-state index in [0.29, 0.717) is 6.04 Å². The van der Waals surface area contributed by atoms with E-state index in [1.54, 1.807) is 18.7 Å². The lowest BCUT2D eigenvalue weighted by Crippen LogP contribution is -2.46. The topological polar surface area (TPSA) is 40.6 Å². The Labute approximate surface area is 84.9 Å². The first-order chi connectivity index (χ1) is 6.52. The lowest BCUT2D eigenvalue weighted by atomic mass is 10.0. The van der Waals surface area contributed by atoms with E-state index in [4.69, 9.17) is 0 Å². The van der Waals surface area contributed by atoms with Gasteiger partial charge >= 0.3 is 0 Å². The van der Waals surface area contributed by atoms with E-state index in [1.807, 2.05) is 11.9 Å². The second kappa shape index (κ2) is 4.44. The molecular formula is C10H18N2O2. The fourth-order valence-corrected chi connectivity index (χ4v) is 1.83. The highest BCUT2D eigenvalue weighted by molar-refractivity contribution is 5.74.